The molecule has 0 heterocycles. The number of carbonyl (C=O) groups excluding carboxylic acids is 1. The lowest BCUT2D eigenvalue weighted by molar-refractivity contribution is -0.136. The molecule has 118 valence electrons. The molecule has 0 aromatic heterocycles. The number of amides is 1. The van der Waals surface area contributed by atoms with Crippen LogP contribution in [0.15, 0.2) is 54.1 Å². The van der Waals surface area contributed by atoms with Crippen molar-refractivity contribution >= 4 is 35.2 Å². The fourth-order valence-electron chi connectivity index (χ4n) is 2.04. The number of halogens is 1. The number of hydrogen-bond donors (Lipinski definition) is 2. The lowest BCUT2D eigenvalue weighted by Crippen LogP contribution is -2.13. The van der Waals surface area contributed by atoms with Crippen LogP contribution in [-0.4, -0.2) is 17.0 Å². The van der Waals surface area contributed by atoms with Crippen LogP contribution >= 0.6 is 11.6 Å². The van der Waals surface area contributed by atoms with Gasteiger partial charge in [-0.25, -0.2) is 0 Å². The summed E-state index contributed by atoms with van der Waals surface area (Å²) in [6, 6.07) is 14.0. The molecule has 0 spiro atoms. The van der Waals surface area contributed by atoms with Crippen LogP contribution in [0.3, 0.4) is 0 Å². The summed E-state index contributed by atoms with van der Waals surface area (Å²) in [5, 5.41) is 12.2. The maximum Gasteiger partial charge on any atom is 0.307 e. The maximum absolute atomic E-state index is 12.2. The topological polar surface area (TPSA) is 66.4 Å². The second-order valence-corrected chi connectivity index (χ2v) is 5.54. The standard InChI is InChI=1S/C18H16ClNO3/c1-12(9-13-5-7-15(19)8-6-13)18(23)20-16-4-2-3-14(10-16)11-17(21)22/h2-10H,11H2,1H3,(H,20,23)(H,21,22). The zero-order valence-corrected chi connectivity index (χ0v) is 13.3. The van der Waals surface area contributed by atoms with E-state index in [4.69, 9.17) is 16.7 Å². The number of nitrogens with one attached hydrogen (secondary N) is 1. The molecule has 0 unspecified atom stereocenters. The largest absolute Gasteiger partial charge is 0.481 e. The number of hydrogen-bond acceptors (Lipinski definition) is 2. The Morgan fingerprint density at radius 3 is 2.52 bits per heavy atom. The fourth-order valence-corrected chi connectivity index (χ4v) is 2.16. The Kier molecular flexibility index (Phi) is 5.55. The maximum atomic E-state index is 12.2. The molecule has 0 aliphatic rings. The van der Waals surface area contributed by atoms with Gasteiger partial charge in [0, 0.05) is 16.3 Å². The number of rotatable bonds is 5. The van der Waals surface area contributed by atoms with Gasteiger partial charge in [0.1, 0.15) is 0 Å². The Balaban J connectivity index is 2.08. The molecule has 0 atom stereocenters. The molecule has 5 heteroatoms. The molecule has 2 aromatic carbocycles. The zero-order valence-electron chi connectivity index (χ0n) is 12.5. The Morgan fingerprint density at radius 2 is 1.87 bits per heavy atom. The molecule has 0 bridgehead atoms. The molecule has 2 N–H and O–H groups in total. The SMILES string of the molecule is CC(=Cc1ccc(Cl)cc1)C(=O)Nc1cccc(CC(=O)O)c1. The summed E-state index contributed by atoms with van der Waals surface area (Å²) in [5.41, 5.74) is 2.62. The van der Waals surface area contributed by atoms with Gasteiger partial charge in [0.2, 0.25) is 0 Å². The van der Waals surface area contributed by atoms with Crippen LogP contribution in [0, 0.1) is 0 Å². The predicted octanol–water partition coefficient (Wildman–Crippen LogP) is 4.01. The third kappa shape index (κ3) is 5.27. The number of benzene rings is 2. The Hall–Kier alpha value is -2.59. The molecule has 0 saturated heterocycles. The minimum Gasteiger partial charge on any atom is -0.481 e. The van der Waals surface area contributed by atoms with E-state index in [9.17, 15) is 9.59 Å². The average molecular weight is 330 g/mol. The van der Waals surface area contributed by atoms with Gasteiger partial charge in [0.05, 0.1) is 6.42 Å². The van der Waals surface area contributed by atoms with Crippen LogP contribution < -0.4 is 5.32 Å². The first-order chi connectivity index (χ1) is 10.9. The second-order valence-electron chi connectivity index (χ2n) is 5.10. The third-order valence-electron chi connectivity index (χ3n) is 3.15. The molecule has 23 heavy (non-hydrogen) atoms. The van der Waals surface area contributed by atoms with Gasteiger partial charge in [-0.2, -0.15) is 0 Å². The lowest BCUT2D eigenvalue weighted by atomic mass is 10.1. The van der Waals surface area contributed by atoms with Crippen molar-refractivity contribution in [3.63, 3.8) is 0 Å². The first-order valence-corrected chi connectivity index (χ1v) is 7.38. The minimum atomic E-state index is -0.910. The van der Waals surface area contributed by atoms with Crippen LogP contribution in [0.25, 0.3) is 6.08 Å². The van der Waals surface area contributed by atoms with E-state index < -0.39 is 5.97 Å². The number of carbonyl (C=O) groups is 2. The molecular weight excluding hydrogens is 314 g/mol. The van der Waals surface area contributed by atoms with E-state index in [1.807, 2.05) is 12.1 Å². The molecule has 0 radical (unpaired) electrons. The van der Waals surface area contributed by atoms with Crippen LogP contribution in [-0.2, 0) is 16.0 Å². The quantitative estimate of drug-likeness (QED) is 0.814. The monoisotopic (exact) mass is 329 g/mol. The summed E-state index contributed by atoms with van der Waals surface area (Å²) >= 11 is 5.83. The molecular formula is C18H16ClNO3. The first-order valence-electron chi connectivity index (χ1n) is 7.00. The minimum absolute atomic E-state index is 0.0801. The zero-order chi connectivity index (χ0) is 16.8. The van der Waals surface area contributed by atoms with Crippen LogP contribution in [0.5, 0.6) is 0 Å². The molecule has 2 aromatic rings. The Labute approximate surface area is 139 Å². The van der Waals surface area contributed by atoms with Crippen molar-refractivity contribution in [1.82, 2.24) is 0 Å². The second kappa shape index (κ2) is 7.61. The smallest absolute Gasteiger partial charge is 0.307 e. The third-order valence-corrected chi connectivity index (χ3v) is 3.40. The molecule has 4 nitrogen and oxygen atoms in total. The van der Waals surface area contributed by atoms with Crippen molar-refractivity contribution in [2.24, 2.45) is 0 Å². The summed E-state index contributed by atoms with van der Waals surface area (Å²) in [6.07, 6.45) is 1.68. The summed E-state index contributed by atoms with van der Waals surface area (Å²) < 4.78 is 0. The molecule has 0 fully saturated rings. The van der Waals surface area contributed by atoms with E-state index in [-0.39, 0.29) is 12.3 Å². The molecule has 0 saturated carbocycles. The highest BCUT2D eigenvalue weighted by atomic mass is 35.5. The van der Waals surface area contributed by atoms with Crippen molar-refractivity contribution in [3.8, 4) is 0 Å². The Bertz CT molecular complexity index is 751. The molecule has 2 rings (SSSR count). The van der Waals surface area contributed by atoms with E-state index in [1.165, 1.54) is 0 Å². The number of carboxylic acid groups (broad SMARTS) is 1. The number of anilines is 1. The highest BCUT2D eigenvalue weighted by Gasteiger charge is 2.07. The van der Waals surface area contributed by atoms with Crippen molar-refractivity contribution in [1.29, 1.82) is 0 Å². The van der Waals surface area contributed by atoms with Gasteiger partial charge in [-0.15, -0.1) is 0 Å². The summed E-state index contributed by atoms with van der Waals surface area (Å²) in [6.45, 7) is 1.71. The van der Waals surface area contributed by atoms with Gasteiger partial charge in [-0.1, -0.05) is 35.9 Å². The van der Waals surface area contributed by atoms with Gasteiger partial charge in [-0.3, -0.25) is 9.59 Å². The van der Waals surface area contributed by atoms with E-state index in [0.29, 0.717) is 21.8 Å². The van der Waals surface area contributed by atoms with Crippen molar-refractivity contribution in [2.45, 2.75) is 13.3 Å². The summed E-state index contributed by atoms with van der Waals surface area (Å²) in [4.78, 5) is 22.9. The van der Waals surface area contributed by atoms with E-state index >= 15 is 0 Å². The molecule has 0 aliphatic carbocycles. The van der Waals surface area contributed by atoms with Crippen LogP contribution in [0.4, 0.5) is 5.69 Å². The number of aliphatic carboxylic acids is 1. The predicted molar refractivity (Wildman–Crippen MR) is 91.5 cm³/mol. The highest BCUT2D eigenvalue weighted by Crippen LogP contribution is 2.15. The van der Waals surface area contributed by atoms with Gasteiger partial charge in [0.25, 0.3) is 5.91 Å². The summed E-state index contributed by atoms with van der Waals surface area (Å²) in [5.74, 6) is -1.15. The average Bonchev–Trinajstić information content (AvgIpc) is 2.49. The van der Waals surface area contributed by atoms with Crippen molar-refractivity contribution in [3.05, 3.63) is 70.3 Å². The fraction of sp³-hybridized carbons (Fsp3) is 0.111. The van der Waals surface area contributed by atoms with E-state index in [1.54, 1.807) is 49.4 Å². The van der Waals surface area contributed by atoms with Gasteiger partial charge < -0.3 is 10.4 Å². The van der Waals surface area contributed by atoms with E-state index in [0.717, 1.165) is 5.56 Å². The first kappa shape index (κ1) is 16.8. The summed E-state index contributed by atoms with van der Waals surface area (Å²) in [7, 11) is 0. The van der Waals surface area contributed by atoms with Crippen LogP contribution in [0.1, 0.15) is 18.1 Å². The number of carboxylic acids is 1. The van der Waals surface area contributed by atoms with Gasteiger partial charge >= 0.3 is 5.97 Å². The molecule has 1 amide bonds. The van der Waals surface area contributed by atoms with Crippen LogP contribution in [0.2, 0.25) is 5.02 Å². The molecule has 0 aliphatic heterocycles. The van der Waals surface area contributed by atoms with Gasteiger partial charge in [-0.05, 0) is 48.4 Å². The van der Waals surface area contributed by atoms with Gasteiger partial charge in [0.15, 0.2) is 0 Å². The van der Waals surface area contributed by atoms with E-state index in [2.05, 4.69) is 5.32 Å². The lowest BCUT2D eigenvalue weighted by Gasteiger charge is -2.07. The highest BCUT2D eigenvalue weighted by molar-refractivity contribution is 6.30. The Morgan fingerprint density at radius 1 is 1.17 bits per heavy atom. The van der Waals surface area contributed by atoms with Crippen molar-refractivity contribution < 1.29 is 14.7 Å². The van der Waals surface area contributed by atoms with Crippen molar-refractivity contribution in [2.75, 3.05) is 5.32 Å². The normalized spacial score (nSPS) is 11.1.